The fourth-order valence-corrected chi connectivity index (χ4v) is 2.34. The van der Waals surface area contributed by atoms with Crippen molar-refractivity contribution in [1.82, 2.24) is 0 Å². The molecule has 0 heterocycles. The van der Waals surface area contributed by atoms with Crippen molar-refractivity contribution >= 4 is 17.3 Å². The van der Waals surface area contributed by atoms with E-state index in [1.165, 1.54) is 19.3 Å². The summed E-state index contributed by atoms with van der Waals surface area (Å²) in [6.07, 6.45) is 5.60. The lowest BCUT2D eigenvalue weighted by atomic mass is 9.83. The van der Waals surface area contributed by atoms with Crippen LogP contribution in [0.4, 0.5) is 11.4 Å². The fraction of sp³-hybridized carbons (Fsp3) is 0.562. The highest BCUT2D eigenvalue weighted by molar-refractivity contribution is 5.91. The monoisotopic (exact) mass is 276 g/mol. The van der Waals surface area contributed by atoms with Crippen LogP contribution in [0.5, 0.6) is 0 Å². The number of hydrogen-bond donors (Lipinski definition) is 2. The maximum Gasteiger partial charge on any atom is 0.226 e. The third-order valence-corrected chi connectivity index (χ3v) is 3.89. The minimum absolute atomic E-state index is 0.0125. The van der Waals surface area contributed by atoms with Gasteiger partial charge in [0.15, 0.2) is 0 Å². The molecule has 0 saturated heterocycles. The molecule has 1 aromatic rings. The molecule has 0 unspecified atom stereocenters. The molecule has 0 radical (unpaired) electrons. The zero-order chi connectivity index (χ0) is 14.4. The van der Waals surface area contributed by atoms with Gasteiger partial charge in [0.2, 0.25) is 5.91 Å². The Morgan fingerprint density at radius 1 is 1.40 bits per heavy atom. The lowest BCUT2D eigenvalue weighted by Crippen LogP contribution is -2.17. The summed E-state index contributed by atoms with van der Waals surface area (Å²) in [5.74, 6) is 0.850. The number of nitrogens with one attached hydrogen (secondary N) is 1. The Morgan fingerprint density at radius 3 is 2.85 bits per heavy atom. The molecule has 0 bridgehead atoms. The second-order valence-electron chi connectivity index (χ2n) is 5.57. The number of anilines is 2. The van der Waals surface area contributed by atoms with E-state index in [4.69, 9.17) is 10.5 Å². The number of ether oxygens (including phenoxy) is 1. The normalized spacial score (nSPS) is 14.8. The molecule has 1 amide bonds. The maximum absolute atomic E-state index is 11.8. The number of nitrogens with two attached hydrogens (primary N) is 1. The minimum Gasteiger partial charge on any atom is -0.399 e. The molecule has 0 aromatic heterocycles. The average molecular weight is 276 g/mol. The third-order valence-electron chi connectivity index (χ3n) is 3.89. The Bertz CT molecular complexity index is 456. The SMILES string of the molecule is Cc1cc(N)ccc1NC(=O)CCOCCC1CCC1. The molecule has 0 spiro atoms. The summed E-state index contributed by atoms with van der Waals surface area (Å²) in [6, 6.07) is 5.47. The lowest BCUT2D eigenvalue weighted by molar-refractivity contribution is -0.117. The molecule has 4 heteroatoms. The van der Waals surface area contributed by atoms with Gasteiger partial charge in [0.25, 0.3) is 0 Å². The number of carbonyl (C=O) groups is 1. The predicted molar refractivity (Wildman–Crippen MR) is 81.6 cm³/mol. The van der Waals surface area contributed by atoms with E-state index in [2.05, 4.69) is 5.32 Å². The summed E-state index contributed by atoms with van der Waals surface area (Å²) < 4.78 is 5.52. The first-order valence-electron chi connectivity index (χ1n) is 7.39. The molecule has 110 valence electrons. The van der Waals surface area contributed by atoms with Gasteiger partial charge in [0.1, 0.15) is 0 Å². The third kappa shape index (κ3) is 4.53. The van der Waals surface area contributed by atoms with Crippen LogP contribution in [0, 0.1) is 12.8 Å². The molecule has 1 aliphatic carbocycles. The van der Waals surface area contributed by atoms with Gasteiger partial charge < -0.3 is 15.8 Å². The number of hydrogen-bond acceptors (Lipinski definition) is 3. The fourth-order valence-electron chi connectivity index (χ4n) is 2.34. The van der Waals surface area contributed by atoms with Crippen molar-refractivity contribution in [3.8, 4) is 0 Å². The van der Waals surface area contributed by atoms with Crippen molar-refractivity contribution in [2.24, 2.45) is 5.92 Å². The lowest BCUT2D eigenvalue weighted by Gasteiger charge is -2.24. The highest BCUT2D eigenvalue weighted by Crippen LogP contribution is 2.29. The van der Waals surface area contributed by atoms with Crippen molar-refractivity contribution in [2.75, 3.05) is 24.3 Å². The smallest absolute Gasteiger partial charge is 0.226 e. The second-order valence-corrected chi connectivity index (χ2v) is 5.57. The Morgan fingerprint density at radius 2 is 2.20 bits per heavy atom. The summed E-state index contributed by atoms with van der Waals surface area (Å²) in [6.45, 7) is 3.20. The number of aryl methyl sites for hydroxylation is 1. The van der Waals surface area contributed by atoms with E-state index >= 15 is 0 Å². The molecule has 1 fully saturated rings. The molecule has 0 aliphatic heterocycles. The summed E-state index contributed by atoms with van der Waals surface area (Å²) >= 11 is 0. The van der Waals surface area contributed by atoms with Gasteiger partial charge in [0.05, 0.1) is 13.0 Å². The molecule has 1 aromatic carbocycles. The first-order chi connectivity index (χ1) is 9.65. The molecule has 20 heavy (non-hydrogen) atoms. The summed E-state index contributed by atoms with van der Waals surface area (Å²) in [5.41, 5.74) is 8.18. The van der Waals surface area contributed by atoms with Crippen LogP contribution < -0.4 is 11.1 Å². The molecule has 1 aliphatic rings. The van der Waals surface area contributed by atoms with Gasteiger partial charge in [-0.1, -0.05) is 19.3 Å². The van der Waals surface area contributed by atoms with E-state index in [1.54, 1.807) is 6.07 Å². The molecule has 1 saturated carbocycles. The molecule has 4 nitrogen and oxygen atoms in total. The Kier molecular flexibility index (Phi) is 5.41. The van der Waals surface area contributed by atoms with Crippen LogP contribution in [-0.4, -0.2) is 19.1 Å². The topological polar surface area (TPSA) is 64.3 Å². The molecular formula is C16H24N2O2. The zero-order valence-corrected chi connectivity index (χ0v) is 12.2. The molecular weight excluding hydrogens is 252 g/mol. The number of amides is 1. The van der Waals surface area contributed by atoms with Crippen molar-refractivity contribution in [1.29, 1.82) is 0 Å². The minimum atomic E-state index is -0.0125. The van der Waals surface area contributed by atoms with Crippen LogP contribution in [0.15, 0.2) is 18.2 Å². The number of benzene rings is 1. The van der Waals surface area contributed by atoms with Crippen molar-refractivity contribution < 1.29 is 9.53 Å². The number of rotatable bonds is 7. The van der Waals surface area contributed by atoms with Gasteiger partial charge in [0, 0.05) is 18.0 Å². The van der Waals surface area contributed by atoms with E-state index in [-0.39, 0.29) is 5.91 Å². The average Bonchev–Trinajstić information content (AvgIpc) is 2.35. The second kappa shape index (κ2) is 7.29. The highest BCUT2D eigenvalue weighted by Gasteiger charge is 2.16. The standard InChI is InChI=1S/C16H24N2O2/c1-12-11-14(17)5-6-15(12)18-16(19)8-10-20-9-7-13-3-2-4-13/h5-6,11,13H,2-4,7-10,17H2,1H3,(H,18,19). The largest absolute Gasteiger partial charge is 0.399 e. The van der Waals surface area contributed by atoms with Gasteiger partial charge in [-0.15, -0.1) is 0 Å². The van der Waals surface area contributed by atoms with E-state index in [0.717, 1.165) is 30.2 Å². The van der Waals surface area contributed by atoms with Crippen LogP contribution in [-0.2, 0) is 9.53 Å². The van der Waals surface area contributed by atoms with Gasteiger partial charge in [-0.3, -0.25) is 4.79 Å². The Labute approximate surface area is 120 Å². The molecule has 2 rings (SSSR count). The molecule has 3 N–H and O–H groups in total. The quantitative estimate of drug-likeness (QED) is 0.594. The number of nitrogen functional groups attached to an aromatic ring is 1. The van der Waals surface area contributed by atoms with Crippen LogP contribution in [0.3, 0.4) is 0 Å². The van der Waals surface area contributed by atoms with Crippen molar-refractivity contribution in [3.63, 3.8) is 0 Å². The van der Waals surface area contributed by atoms with Crippen LogP contribution in [0.2, 0.25) is 0 Å². The van der Waals surface area contributed by atoms with Crippen LogP contribution in [0.25, 0.3) is 0 Å². The Balaban J connectivity index is 1.61. The van der Waals surface area contributed by atoms with Gasteiger partial charge in [-0.25, -0.2) is 0 Å². The van der Waals surface area contributed by atoms with E-state index in [0.29, 0.717) is 18.7 Å². The summed E-state index contributed by atoms with van der Waals surface area (Å²) in [7, 11) is 0. The molecule has 0 atom stereocenters. The number of carbonyl (C=O) groups excluding carboxylic acids is 1. The van der Waals surface area contributed by atoms with E-state index in [9.17, 15) is 4.79 Å². The summed E-state index contributed by atoms with van der Waals surface area (Å²) in [5, 5.41) is 2.88. The summed E-state index contributed by atoms with van der Waals surface area (Å²) in [4.78, 5) is 11.8. The predicted octanol–water partition coefficient (Wildman–Crippen LogP) is 3.11. The van der Waals surface area contributed by atoms with E-state index in [1.807, 2.05) is 19.1 Å². The van der Waals surface area contributed by atoms with Crippen LogP contribution >= 0.6 is 0 Å². The zero-order valence-electron chi connectivity index (χ0n) is 12.2. The first kappa shape index (κ1) is 14.9. The van der Waals surface area contributed by atoms with Gasteiger partial charge >= 0.3 is 0 Å². The van der Waals surface area contributed by atoms with Gasteiger partial charge in [-0.2, -0.15) is 0 Å². The Hall–Kier alpha value is -1.55. The van der Waals surface area contributed by atoms with Crippen molar-refractivity contribution in [2.45, 2.75) is 39.0 Å². The van der Waals surface area contributed by atoms with Crippen LogP contribution in [0.1, 0.15) is 37.7 Å². The highest BCUT2D eigenvalue weighted by atomic mass is 16.5. The van der Waals surface area contributed by atoms with E-state index < -0.39 is 0 Å². The first-order valence-corrected chi connectivity index (χ1v) is 7.39. The van der Waals surface area contributed by atoms with Crippen molar-refractivity contribution in [3.05, 3.63) is 23.8 Å². The maximum atomic E-state index is 11.8. The van der Waals surface area contributed by atoms with Gasteiger partial charge in [-0.05, 0) is 43.0 Å².